The molecule has 0 radical (unpaired) electrons. The first-order valence-electron chi connectivity index (χ1n) is 10.9. The highest BCUT2D eigenvalue weighted by atomic mass is 16.5. The summed E-state index contributed by atoms with van der Waals surface area (Å²) in [5.74, 6) is 5.21. The third kappa shape index (κ3) is 5.74. The van der Waals surface area contributed by atoms with E-state index in [1.165, 1.54) is 0 Å². The Morgan fingerprint density at radius 1 is 1.27 bits per heavy atom. The molecule has 1 aliphatic rings. The number of nitrogens with two attached hydrogens (primary N) is 2. The van der Waals surface area contributed by atoms with Gasteiger partial charge in [0, 0.05) is 25.8 Å². The number of nitrogens with zero attached hydrogens (tertiary/aromatic N) is 3. The molecule has 1 fully saturated rings. The largest absolute Gasteiger partial charge is 0.383 e. The van der Waals surface area contributed by atoms with Crippen molar-refractivity contribution in [3.63, 3.8) is 0 Å². The molecule has 1 aromatic heterocycles. The zero-order valence-corrected chi connectivity index (χ0v) is 18.9. The van der Waals surface area contributed by atoms with Crippen LogP contribution in [0, 0.1) is 17.8 Å². The number of methoxy groups -OCH3 is 1. The molecule has 0 atom stereocenters. The van der Waals surface area contributed by atoms with Crippen LogP contribution in [0.4, 0.5) is 5.82 Å². The molecule has 3 rings (SSSR count). The number of anilines is 1. The van der Waals surface area contributed by atoms with Gasteiger partial charge in [0.05, 0.1) is 12.6 Å². The molecule has 0 unspecified atom stereocenters. The fourth-order valence-corrected chi connectivity index (χ4v) is 4.19. The Balaban J connectivity index is 0.00000385. The van der Waals surface area contributed by atoms with Gasteiger partial charge in [-0.1, -0.05) is 44.5 Å². The Hall–Kier alpha value is -3.31. The fourth-order valence-electron chi connectivity index (χ4n) is 4.19. The monoisotopic (exact) mass is 453 g/mol. The molecule has 1 saturated carbocycles. The van der Waals surface area contributed by atoms with Gasteiger partial charge in [-0.15, -0.1) is 0 Å². The van der Waals surface area contributed by atoms with E-state index in [0.29, 0.717) is 31.3 Å². The summed E-state index contributed by atoms with van der Waals surface area (Å²) < 4.78 is 6.86. The highest BCUT2D eigenvalue weighted by Crippen LogP contribution is 2.41. The summed E-state index contributed by atoms with van der Waals surface area (Å²) in [5, 5.41) is 4.67. The second-order valence-corrected chi connectivity index (χ2v) is 8.17. The molecule has 0 bridgehead atoms. The number of rotatable bonds is 9. The summed E-state index contributed by atoms with van der Waals surface area (Å²) in [6.07, 6.45) is 2.53. The van der Waals surface area contributed by atoms with Gasteiger partial charge in [0.2, 0.25) is 0 Å². The van der Waals surface area contributed by atoms with Gasteiger partial charge in [-0.05, 0) is 43.6 Å². The molecule has 8 nitrogen and oxygen atoms in total. The van der Waals surface area contributed by atoms with Crippen LogP contribution in [0.1, 0.15) is 62.5 Å². The number of carbonyl (C=O) groups excluding carboxylic acids is 2. The normalized spacial score (nSPS) is 16.7. The zero-order chi connectivity index (χ0) is 23.3. The molecule has 4 N–H and O–H groups in total. The van der Waals surface area contributed by atoms with Crippen molar-refractivity contribution in [1.82, 2.24) is 14.7 Å². The number of aromatic nitrogens is 2. The van der Waals surface area contributed by atoms with Gasteiger partial charge in [-0.25, -0.2) is 4.68 Å². The van der Waals surface area contributed by atoms with Crippen molar-refractivity contribution in [2.45, 2.75) is 53.2 Å². The minimum Gasteiger partial charge on any atom is -0.383 e. The lowest BCUT2D eigenvalue weighted by Gasteiger charge is -2.38. The second-order valence-electron chi connectivity index (χ2n) is 8.17. The van der Waals surface area contributed by atoms with Crippen LogP contribution in [0.15, 0.2) is 24.3 Å². The molecule has 8 heteroatoms. The van der Waals surface area contributed by atoms with E-state index in [0.717, 1.165) is 30.4 Å². The van der Waals surface area contributed by atoms with E-state index in [1.54, 1.807) is 18.7 Å². The average Bonchev–Trinajstić information content (AvgIpc) is 3.07. The van der Waals surface area contributed by atoms with Crippen molar-refractivity contribution in [3.05, 3.63) is 35.4 Å². The van der Waals surface area contributed by atoms with Gasteiger partial charge >= 0.3 is 0 Å². The first-order valence-corrected chi connectivity index (χ1v) is 10.9. The van der Waals surface area contributed by atoms with Gasteiger partial charge in [-0.3, -0.25) is 9.59 Å². The van der Waals surface area contributed by atoms with E-state index in [2.05, 4.69) is 16.9 Å². The second kappa shape index (κ2) is 11.5. The number of nitrogen functional groups attached to an aromatic ring is 1. The SMILES string of the molecule is C.CC#CC(=O)N(CCC)CC1CC(n2nc(-c3ccc(COC)cc3)c(C(N)=O)c2N)C1. The first kappa shape index (κ1) is 25.9. The van der Waals surface area contributed by atoms with Crippen LogP contribution in [0.2, 0.25) is 0 Å². The van der Waals surface area contributed by atoms with Gasteiger partial charge < -0.3 is 21.1 Å². The minimum absolute atomic E-state index is 0. The van der Waals surface area contributed by atoms with Gasteiger partial charge in [0.25, 0.3) is 11.8 Å². The van der Waals surface area contributed by atoms with Gasteiger partial charge in [0.1, 0.15) is 17.1 Å². The topological polar surface area (TPSA) is 116 Å². The molecule has 1 aliphatic carbocycles. The number of hydrogen-bond donors (Lipinski definition) is 2. The molecule has 1 aromatic carbocycles. The van der Waals surface area contributed by atoms with Crippen LogP contribution in [0.5, 0.6) is 0 Å². The number of benzene rings is 1. The Morgan fingerprint density at radius 2 is 1.94 bits per heavy atom. The van der Waals surface area contributed by atoms with E-state index in [1.807, 2.05) is 36.1 Å². The predicted octanol–water partition coefficient (Wildman–Crippen LogP) is 3.23. The quantitative estimate of drug-likeness (QED) is 0.566. The van der Waals surface area contributed by atoms with Crippen molar-refractivity contribution < 1.29 is 14.3 Å². The molecule has 2 amide bonds. The smallest absolute Gasteiger partial charge is 0.298 e. The standard InChI is InChI=1S/C24H31N5O3.CH4/c1-4-6-20(30)28(11-5-2)14-17-12-19(13-17)29-23(25)21(24(26)31)22(27-29)18-9-7-16(8-10-18)15-32-3;/h7-10,17,19H,5,11-15,25H2,1-3H3,(H2,26,31);1H4. The van der Waals surface area contributed by atoms with Crippen molar-refractivity contribution in [3.8, 4) is 23.1 Å². The van der Waals surface area contributed by atoms with Crippen LogP contribution >= 0.6 is 0 Å². The number of ether oxygens (including phenoxy) is 1. The third-order valence-corrected chi connectivity index (χ3v) is 5.78. The summed E-state index contributed by atoms with van der Waals surface area (Å²) in [7, 11) is 1.64. The molecule has 33 heavy (non-hydrogen) atoms. The maximum absolute atomic E-state index is 12.2. The van der Waals surface area contributed by atoms with Crippen LogP contribution in [0.25, 0.3) is 11.3 Å². The zero-order valence-electron chi connectivity index (χ0n) is 18.9. The summed E-state index contributed by atoms with van der Waals surface area (Å²) in [6, 6.07) is 7.70. The van der Waals surface area contributed by atoms with Crippen molar-refractivity contribution >= 4 is 17.6 Å². The molecule has 2 aromatic rings. The van der Waals surface area contributed by atoms with E-state index < -0.39 is 5.91 Å². The summed E-state index contributed by atoms with van der Waals surface area (Å²) in [5.41, 5.74) is 14.5. The third-order valence-electron chi connectivity index (χ3n) is 5.78. The maximum atomic E-state index is 12.2. The molecular formula is C25H35N5O3. The highest BCUT2D eigenvalue weighted by molar-refractivity contribution is 6.03. The molecule has 0 aliphatic heterocycles. The van der Waals surface area contributed by atoms with Crippen LogP contribution < -0.4 is 11.5 Å². The fraction of sp³-hybridized carbons (Fsp3) is 0.480. The van der Waals surface area contributed by atoms with Gasteiger partial charge in [-0.2, -0.15) is 5.10 Å². The van der Waals surface area contributed by atoms with E-state index in [9.17, 15) is 9.59 Å². The van der Waals surface area contributed by atoms with E-state index in [4.69, 9.17) is 16.2 Å². The van der Waals surface area contributed by atoms with E-state index >= 15 is 0 Å². The summed E-state index contributed by atoms with van der Waals surface area (Å²) >= 11 is 0. The van der Waals surface area contributed by atoms with Crippen LogP contribution in [-0.2, 0) is 16.1 Å². The van der Waals surface area contributed by atoms with Crippen molar-refractivity contribution in [2.24, 2.45) is 11.7 Å². The molecular weight excluding hydrogens is 418 g/mol. The molecule has 0 spiro atoms. The Kier molecular flexibility index (Phi) is 9.06. The minimum atomic E-state index is -0.599. The summed E-state index contributed by atoms with van der Waals surface area (Å²) in [6.45, 7) is 5.57. The summed E-state index contributed by atoms with van der Waals surface area (Å²) in [4.78, 5) is 26.2. The average molecular weight is 454 g/mol. The van der Waals surface area contributed by atoms with Crippen molar-refractivity contribution in [2.75, 3.05) is 25.9 Å². The number of carbonyl (C=O) groups is 2. The lowest BCUT2D eigenvalue weighted by Crippen LogP contribution is -2.40. The molecule has 1 heterocycles. The Bertz CT molecular complexity index is 1030. The lowest BCUT2D eigenvalue weighted by molar-refractivity contribution is -0.126. The Morgan fingerprint density at radius 3 is 2.48 bits per heavy atom. The molecule has 0 saturated heterocycles. The predicted molar refractivity (Wildman–Crippen MR) is 130 cm³/mol. The number of primary amides is 1. The van der Waals surface area contributed by atoms with Crippen molar-refractivity contribution in [1.29, 1.82) is 0 Å². The molecule has 178 valence electrons. The van der Waals surface area contributed by atoms with E-state index in [-0.39, 0.29) is 30.8 Å². The van der Waals surface area contributed by atoms with Crippen LogP contribution in [-0.4, -0.2) is 46.7 Å². The van der Waals surface area contributed by atoms with Crippen LogP contribution in [0.3, 0.4) is 0 Å². The number of amides is 2. The Labute approximate surface area is 196 Å². The maximum Gasteiger partial charge on any atom is 0.298 e. The van der Waals surface area contributed by atoms with Gasteiger partial charge in [0.15, 0.2) is 0 Å². The highest BCUT2D eigenvalue weighted by Gasteiger charge is 2.36. The first-order chi connectivity index (χ1) is 15.4. The lowest BCUT2D eigenvalue weighted by atomic mass is 9.80. The number of hydrogen-bond acceptors (Lipinski definition) is 5.